The molecule has 6 N–H and O–H groups in total. The average Bonchev–Trinajstić information content (AvgIpc) is 3.18. The summed E-state index contributed by atoms with van der Waals surface area (Å²) in [7, 11) is 1.87. The van der Waals surface area contributed by atoms with E-state index in [0.29, 0.717) is 6.42 Å². The van der Waals surface area contributed by atoms with Crippen LogP contribution < -0.4 is 21.7 Å². The van der Waals surface area contributed by atoms with Crippen LogP contribution in [0.4, 0.5) is 0 Å². The summed E-state index contributed by atoms with van der Waals surface area (Å²) in [5.74, 6) is -3.33. The van der Waals surface area contributed by atoms with E-state index in [0.717, 1.165) is 16.5 Å². The maximum Gasteiger partial charge on any atom is 0.326 e. The lowest BCUT2D eigenvalue weighted by Crippen LogP contribution is -2.59. The van der Waals surface area contributed by atoms with E-state index in [9.17, 15) is 24.3 Å². The first-order valence-corrected chi connectivity index (χ1v) is 13.1. The number of hydrogen-bond donors (Lipinski definition) is 6. The molecule has 0 unspecified atom stereocenters. The van der Waals surface area contributed by atoms with Crippen molar-refractivity contribution in [3.8, 4) is 0 Å². The molecular formula is C26H39N5O5S. The van der Waals surface area contributed by atoms with E-state index in [4.69, 9.17) is 5.73 Å². The first kappa shape index (κ1) is 30.2. The second kappa shape index (κ2) is 13.5. The molecule has 1 aromatic heterocycles. The van der Waals surface area contributed by atoms with Gasteiger partial charge in [-0.2, -0.15) is 12.6 Å². The van der Waals surface area contributed by atoms with Gasteiger partial charge in [-0.25, -0.2) is 4.79 Å². The second-order valence-electron chi connectivity index (χ2n) is 9.77. The number of benzene rings is 1. The van der Waals surface area contributed by atoms with Crippen molar-refractivity contribution in [1.29, 1.82) is 0 Å². The van der Waals surface area contributed by atoms with E-state index in [-0.39, 0.29) is 24.0 Å². The number of hydrogen-bond acceptors (Lipinski definition) is 6. The highest BCUT2D eigenvalue weighted by Crippen LogP contribution is 2.21. The molecule has 0 radical (unpaired) electrons. The molecule has 0 aliphatic rings. The Morgan fingerprint density at radius 1 is 1.00 bits per heavy atom. The van der Waals surface area contributed by atoms with Gasteiger partial charge in [-0.1, -0.05) is 52.3 Å². The number of nitrogens with one attached hydrogen (secondary N) is 3. The van der Waals surface area contributed by atoms with Gasteiger partial charge in [0.1, 0.15) is 18.1 Å². The Bertz CT molecular complexity index is 1120. The zero-order valence-electron chi connectivity index (χ0n) is 22.0. The summed E-state index contributed by atoms with van der Waals surface area (Å²) >= 11 is 4.17. The number of aromatic nitrogens is 1. The summed E-state index contributed by atoms with van der Waals surface area (Å²) in [6.45, 7) is 7.23. The summed E-state index contributed by atoms with van der Waals surface area (Å²) in [5, 5.41) is 18.5. The lowest BCUT2D eigenvalue weighted by atomic mass is 9.99. The molecule has 0 aliphatic heterocycles. The molecule has 3 amide bonds. The van der Waals surface area contributed by atoms with Gasteiger partial charge in [-0.05, 0) is 23.5 Å². The Balaban J connectivity index is 2.13. The van der Waals surface area contributed by atoms with Crippen molar-refractivity contribution in [1.82, 2.24) is 20.5 Å². The van der Waals surface area contributed by atoms with Crippen molar-refractivity contribution in [2.45, 2.75) is 64.7 Å². The van der Waals surface area contributed by atoms with Crippen LogP contribution in [0.3, 0.4) is 0 Å². The minimum Gasteiger partial charge on any atom is -0.480 e. The summed E-state index contributed by atoms with van der Waals surface area (Å²) in [4.78, 5) is 50.6. The number of amides is 3. The minimum atomic E-state index is -1.20. The largest absolute Gasteiger partial charge is 0.480 e. The molecule has 2 rings (SSSR count). The van der Waals surface area contributed by atoms with Crippen LogP contribution in [0, 0.1) is 11.8 Å². The third-order valence-corrected chi connectivity index (χ3v) is 7.01. The Labute approximate surface area is 223 Å². The van der Waals surface area contributed by atoms with Crippen LogP contribution in [0.1, 0.15) is 39.7 Å². The molecule has 5 atom stereocenters. The minimum absolute atomic E-state index is 0.00390. The molecule has 1 aromatic carbocycles. The molecule has 0 saturated carbocycles. The third-order valence-electron chi connectivity index (χ3n) is 6.64. The van der Waals surface area contributed by atoms with Gasteiger partial charge in [0.15, 0.2) is 0 Å². The maximum absolute atomic E-state index is 13.1. The van der Waals surface area contributed by atoms with Crippen LogP contribution in [0.15, 0.2) is 30.5 Å². The molecule has 1 heterocycles. The Morgan fingerprint density at radius 3 is 2.19 bits per heavy atom. The molecule has 204 valence electrons. The molecule has 11 heteroatoms. The van der Waals surface area contributed by atoms with Gasteiger partial charge in [0.05, 0.1) is 6.04 Å². The number of aliphatic carboxylic acids is 1. The number of fused-ring (bicyclic) bond motifs is 1. The molecule has 0 aliphatic carbocycles. The zero-order chi connectivity index (χ0) is 27.9. The number of aryl methyl sites for hydroxylation is 1. The fraction of sp³-hybridized carbons (Fsp3) is 0.538. The van der Waals surface area contributed by atoms with E-state index >= 15 is 0 Å². The quantitative estimate of drug-likeness (QED) is 0.213. The number of para-hydroxylation sites is 1. The lowest BCUT2D eigenvalue weighted by molar-refractivity contribution is -0.142. The SMILES string of the molecule is CC[C@H](C)[C@H](N)C(=O)N[C@@H](CS)C(=O)N[C@H](C(=O)N[C@@H](Cc1cn(C)c2ccccc12)C(=O)O)C(C)C. The number of carboxylic acid groups (broad SMARTS) is 1. The second-order valence-corrected chi connectivity index (χ2v) is 10.1. The molecule has 2 aromatic rings. The van der Waals surface area contributed by atoms with Crippen LogP contribution in [-0.2, 0) is 32.6 Å². The van der Waals surface area contributed by atoms with E-state index < -0.39 is 47.9 Å². The van der Waals surface area contributed by atoms with Gasteiger partial charge in [0.25, 0.3) is 0 Å². The fourth-order valence-corrected chi connectivity index (χ4v) is 4.29. The normalized spacial score (nSPS) is 15.5. The fourth-order valence-electron chi connectivity index (χ4n) is 4.03. The summed E-state index contributed by atoms with van der Waals surface area (Å²) in [6.07, 6.45) is 2.62. The molecule has 37 heavy (non-hydrogen) atoms. The van der Waals surface area contributed by atoms with Gasteiger partial charge >= 0.3 is 5.97 Å². The molecule has 0 bridgehead atoms. The van der Waals surface area contributed by atoms with Crippen LogP contribution >= 0.6 is 12.6 Å². The number of carbonyl (C=O) groups excluding carboxylic acids is 3. The molecule has 10 nitrogen and oxygen atoms in total. The zero-order valence-corrected chi connectivity index (χ0v) is 22.9. The highest BCUT2D eigenvalue weighted by molar-refractivity contribution is 7.80. The average molecular weight is 534 g/mol. The molecular weight excluding hydrogens is 494 g/mol. The van der Waals surface area contributed by atoms with Crippen molar-refractivity contribution in [2.75, 3.05) is 5.75 Å². The van der Waals surface area contributed by atoms with Crippen molar-refractivity contribution < 1.29 is 24.3 Å². The van der Waals surface area contributed by atoms with Gasteiger partial charge in [-0.3, -0.25) is 14.4 Å². The number of thiol groups is 1. The molecule has 0 saturated heterocycles. The Hall–Kier alpha value is -3.05. The summed E-state index contributed by atoms with van der Waals surface area (Å²) < 4.78 is 1.90. The number of rotatable bonds is 13. The van der Waals surface area contributed by atoms with Crippen molar-refractivity contribution in [2.24, 2.45) is 24.6 Å². The standard InChI is InChI=1S/C26H39N5O5S/c1-6-15(4)21(27)24(33)29-19(13-37)23(32)30-22(14(2)3)25(34)28-18(26(35)36)11-16-12-31(5)20-10-8-7-9-17(16)20/h7-10,12,14-15,18-19,21-22,37H,6,11,13,27H2,1-5H3,(H,28,34)(H,29,33)(H,30,32)(H,35,36)/t15-,18-,19-,21-,22-/m0/s1. The van der Waals surface area contributed by atoms with Crippen molar-refractivity contribution in [3.05, 3.63) is 36.0 Å². The predicted octanol–water partition coefficient (Wildman–Crippen LogP) is 1.22. The van der Waals surface area contributed by atoms with Crippen LogP contribution in [-0.4, -0.2) is 63.3 Å². The smallest absolute Gasteiger partial charge is 0.326 e. The highest BCUT2D eigenvalue weighted by atomic mass is 32.1. The van der Waals surface area contributed by atoms with Crippen molar-refractivity contribution >= 4 is 47.2 Å². The molecule has 0 fully saturated rings. The van der Waals surface area contributed by atoms with Gasteiger partial charge in [-0.15, -0.1) is 0 Å². The number of nitrogens with zero attached hydrogens (tertiary/aromatic N) is 1. The Kier molecular flexibility index (Phi) is 11.0. The van der Waals surface area contributed by atoms with Crippen LogP contribution in [0.2, 0.25) is 0 Å². The van der Waals surface area contributed by atoms with E-state index in [2.05, 4.69) is 28.6 Å². The number of nitrogens with two attached hydrogens (primary N) is 1. The maximum atomic E-state index is 13.1. The summed E-state index contributed by atoms with van der Waals surface area (Å²) in [5.41, 5.74) is 7.70. The van der Waals surface area contributed by atoms with E-state index in [1.165, 1.54) is 0 Å². The highest BCUT2D eigenvalue weighted by Gasteiger charge is 2.32. The van der Waals surface area contributed by atoms with Crippen LogP contribution in [0.25, 0.3) is 10.9 Å². The van der Waals surface area contributed by atoms with E-state index in [1.54, 1.807) is 13.8 Å². The third kappa shape index (κ3) is 7.72. The first-order chi connectivity index (χ1) is 17.4. The predicted molar refractivity (Wildman–Crippen MR) is 146 cm³/mol. The van der Waals surface area contributed by atoms with Gasteiger partial charge in [0.2, 0.25) is 17.7 Å². The Morgan fingerprint density at radius 2 is 1.62 bits per heavy atom. The lowest BCUT2D eigenvalue weighted by Gasteiger charge is -2.27. The monoisotopic (exact) mass is 533 g/mol. The van der Waals surface area contributed by atoms with Crippen molar-refractivity contribution in [3.63, 3.8) is 0 Å². The number of carbonyl (C=O) groups is 4. The van der Waals surface area contributed by atoms with E-state index in [1.807, 2.05) is 55.9 Å². The van der Waals surface area contributed by atoms with Gasteiger partial charge in [0, 0.05) is 36.3 Å². The summed E-state index contributed by atoms with van der Waals surface area (Å²) in [6, 6.07) is 3.59. The van der Waals surface area contributed by atoms with Gasteiger partial charge < -0.3 is 31.4 Å². The topological polar surface area (TPSA) is 156 Å². The molecule has 0 spiro atoms. The van der Waals surface area contributed by atoms with Crippen LogP contribution in [0.5, 0.6) is 0 Å². The first-order valence-electron chi connectivity index (χ1n) is 12.4. The number of carboxylic acids is 1.